The van der Waals surface area contributed by atoms with Crippen molar-refractivity contribution in [3.63, 3.8) is 0 Å². The van der Waals surface area contributed by atoms with Crippen LogP contribution in [0.25, 0.3) is 10.9 Å². The van der Waals surface area contributed by atoms with Crippen molar-refractivity contribution in [1.29, 1.82) is 0 Å². The molecule has 0 spiro atoms. The van der Waals surface area contributed by atoms with Crippen LogP contribution in [0, 0.1) is 11.8 Å². The maximum Gasteiger partial charge on any atom is 0.240 e. The number of fused-ring (bicyclic) bond motifs is 1. The predicted octanol–water partition coefficient (Wildman–Crippen LogP) is 5.22. The molecule has 1 aliphatic rings. The Morgan fingerprint density at radius 3 is 2.37 bits per heavy atom. The van der Waals surface area contributed by atoms with Gasteiger partial charge in [-0.05, 0) is 79.8 Å². The monoisotopic (exact) mass is 559 g/mol. The number of sulfonamides is 1. The van der Waals surface area contributed by atoms with Crippen LogP contribution in [-0.4, -0.2) is 45.6 Å². The number of nitrogens with one attached hydrogen (secondary N) is 2. The Kier molecular flexibility index (Phi) is 8.29. The number of nitrogens with zero attached hydrogens (tertiary/aromatic N) is 3. The molecule has 9 heteroatoms. The SMILES string of the molecule is CCc1cc(Br)ccc1S(=O)(=O)NCC1CCC(CNc2nc(N(C)C)c3ccccc3n2)CC1. The largest absolute Gasteiger partial charge is 0.362 e. The molecule has 2 aromatic carbocycles. The first kappa shape index (κ1) is 25.9. The van der Waals surface area contributed by atoms with E-state index in [1.807, 2.05) is 56.3 Å². The number of para-hydroxylation sites is 1. The van der Waals surface area contributed by atoms with Gasteiger partial charge in [-0.2, -0.15) is 4.98 Å². The van der Waals surface area contributed by atoms with E-state index in [4.69, 9.17) is 9.97 Å². The summed E-state index contributed by atoms with van der Waals surface area (Å²) in [5, 5.41) is 4.49. The molecule has 0 amide bonds. The van der Waals surface area contributed by atoms with Crippen LogP contribution in [0.15, 0.2) is 51.8 Å². The molecule has 35 heavy (non-hydrogen) atoms. The van der Waals surface area contributed by atoms with Crippen molar-refractivity contribution in [2.45, 2.75) is 43.9 Å². The molecule has 3 aromatic rings. The van der Waals surface area contributed by atoms with Crippen molar-refractivity contribution in [3.05, 3.63) is 52.5 Å². The van der Waals surface area contributed by atoms with E-state index in [1.54, 1.807) is 12.1 Å². The highest BCUT2D eigenvalue weighted by Gasteiger charge is 2.24. The second-order valence-electron chi connectivity index (χ2n) is 9.51. The fourth-order valence-corrected chi connectivity index (χ4v) is 6.56. The highest BCUT2D eigenvalue weighted by atomic mass is 79.9. The first-order valence-electron chi connectivity index (χ1n) is 12.2. The topological polar surface area (TPSA) is 87.2 Å². The van der Waals surface area contributed by atoms with Gasteiger partial charge in [0.15, 0.2) is 0 Å². The third kappa shape index (κ3) is 6.32. The standard InChI is InChI=1S/C26H34BrN5O2S/c1-4-20-15-21(27)13-14-24(20)35(33,34)29-17-19-11-9-18(10-12-19)16-28-26-30-23-8-6-5-7-22(23)25(31-26)32(2)3/h5-8,13-15,18-19,29H,4,9-12,16-17H2,1-3H3,(H,28,30,31). The van der Waals surface area contributed by atoms with E-state index in [2.05, 4.69) is 26.0 Å². The maximum absolute atomic E-state index is 12.9. The Morgan fingerprint density at radius 2 is 1.69 bits per heavy atom. The summed E-state index contributed by atoms with van der Waals surface area (Å²) in [6.07, 6.45) is 4.82. The average molecular weight is 561 g/mol. The van der Waals surface area contributed by atoms with E-state index in [9.17, 15) is 8.42 Å². The molecule has 188 valence electrons. The second-order valence-corrected chi connectivity index (χ2v) is 12.2. The van der Waals surface area contributed by atoms with E-state index < -0.39 is 10.0 Å². The third-order valence-corrected chi connectivity index (χ3v) is 8.79. The van der Waals surface area contributed by atoms with Crippen molar-refractivity contribution in [1.82, 2.24) is 14.7 Å². The second kappa shape index (κ2) is 11.2. The summed E-state index contributed by atoms with van der Waals surface area (Å²) in [6.45, 7) is 3.28. The Labute approximate surface area is 216 Å². The number of benzene rings is 2. The fraction of sp³-hybridized carbons (Fsp3) is 0.462. The Hall–Kier alpha value is -2.23. The van der Waals surface area contributed by atoms with Gasteiger partial charge in [-0.25, -0.2) is 18.1 Å². The minimum atomic E-state index is -3.51. The van der Waals surface area contributed by atoms with Gasteiger partial charge in [0, 0.05) is 37.0 Å². The number of aryl methyl sites for hydroxylation is 1. The molecule has 1 saturated carbocycles. The number of halogens is 1. The molecule has 0 unspecified atom stereocenters. The molecule has 4 rings (SSSR count). The average Bonchev–Trinajstić information content (AvgIpc) is 2.86. The summed E-state index contributed by atoms with van der Waals surface area (Å²) < 4.78 is 29.6. The summed E-state index contributed by atoms with van der Waals surface area (Å²) in [5.74, 6) is 2.45. The molecule has 1 fully saturated rings. The van der Waals surface area contributed by atoms with Gasteiger partial charge < -0.3 is 10.2 Å². The normalized spacial score (nSPS) is 18.5. The summed E-state index contributed by atoms with van der Waals surface area (Å²) >= 11 is 3.43. The fourth-order valence-electron chi connectivity index (χ4n) is 4.75. The molecule has 1 aromatic heterocycles. The minimum Gasteiger partial charge on any atom is -0.362 e. The first-order chi connectivity index (χ1) is 16.8. The summed E-state index contributed by atoms with van der Waals surface area (Å²) in [4.78, 5) is 11.8. The molecular formula is C26H34BrN5O2S. The van der Waals surface area contributed by atoms with Gasteiger partial charge in [0.25, 0.3) is 0 Å². The van der Waals surface area contributed by atoms with E-state index in [0.29, 0.717) is 35.6 Å². The third-order valence-electron chi connectivity index (χ3n) is 6.78. The number of hydrogen-bond acceptors (Lipinski definition) is 6. The van der Waals surface area contributed by atoms with Gasteiger partial charge in [0.2, 0.25) is 16.0 Å². The van der Waals surface area contributed by atoms with Crippen molar-refractivity contribution in [3.8, 4) is 0 Å². The highest BCUT2D eigenvalue weighted by molar-refractivity contribution is 9.10. The van der Waals surface area contributed by atoms with Gasteiger partial charge in [-0.1, -0.05) is 35.0 Å². The lowest BCUT2D eigenvalue weighted by molar-refractivity contribution is 0.284. The van der Waals surface area contributed by atoms with Crippen LogP contribution in [0.3, 0.4) is 0 Å². The van der Waals surface area contributed by atoms with Crippen LogP contribution < -0.4 is 14.9 Å². The van der Waals surface area contributed by atoms with Crippen LogP contribution in [0.1, 0.15) is 38.2 Å². The Bertz CT molecular complexity index is 1270. The number of rotatable bonds is 9. The van der Waals surface area contributed by atoms with Gasteiger partial charge in [-0.15, -0.1) is 0 Å². The van der Waals surface area contributed by atoms with Gasteiger partial charge in [0.05, 0.1) is 10.4 Å². The maximum atomic E-state index is 12.9. The number of aromatic nitrogens is 2. The van der Waals surface area contributed by atoms with Crippen LogP contribution in [0.2, 0.25) is 0 Å². The lowest BCUT2D eigenvalue weighted by Crippen LogP contribution is -2.32. The molecule has 7 nitrogen and oxygen atoms in total. The molecule has 2 N–H and O–H groups in total. The Balaban J connectivity index is 1.30. The van der Waals surface area contributed by atoms with Crippen molar-refractivity contribution in [2.24, 2.45) is 11.8 Å². The van der Waals surface area contributed by atoms with Gasteiger partial charge in [0.1, 0.15) is 5.82 Å². The quantitative estimate of drug-likeness (QED) is 0.373. The number of anilines is 2. The van der Waals surface area contributed by atoms with E-state index >= 15 is 0 Å². The Morgan fingerprint density at radius 1 is 1.00 bits per heavy atom. The molecule has 1 heterocycles. The predicted molar refractivity (Wildman–Crippen MR) is 147 cm³/mol. The van der Waals surface area contributed by atoms with Crippen molar-refractivity contribution >= 4 is 48.6 Å². The van der Waals surface area contributed by atoms with E-state index in [0.717, 1.165) is 59.0 Å². The zero-order chi connectivity index (χ0) is 25.0. The van der Waals surface area contributed by atoms with Crippen LogP contribution in [0.5, 0.6) is 0 Å². The van der Waals surface area contributed by atoms with Gasteiger partial charge in [-0.3, -0.25) is 0 Å². The molecule has 0 saturated heterocycles. The molecule has 0 radical (unpaired) electrons. The van der Waals surface area contributed by atoms with Crippen LogP contribution in [-0.2, 0) is 16.4 Å². The first-order valence-corrected chi connectivity index (χ1v) is 14.5. The summed E-state index contributed by atoms with van der Waals surface area (Å²) in [5.41, 5.74) is 1.76. The molecule has 1 aliphatic carbocycles. The van der Waals surface area contributed by atoms with E-state index in [-0.39, 0.29) is 0 Å². The zero-order valence-corrected chi connectivity index (χ0v) is 23.0. The minimum absolute atomic E-state index is 0.360. The smallest absolute Gasteiger partial charge is 0.240 e. The van der Waals surface area contributed by atoms with Crippen molar-refractivity contribution < 1.29 is 8.42 Å². The zero-order valence-electron chi connectivity index (χ0n) is 20.6. The lowest BCUT2D eigenvalue weighted by Gasteiger charge is -2.29. The summed E-state index contributed by atoms with van der Waals surface area (Å²) in [7, 11) is 0.476. The van der Waals surface area contributed by atoms with E-state index in [1.165, 1.54) is 0 Å². The summed E-state index contributed by atoms with van der Waals surface area (Å²) in [6, 6.07) is 13.4. The molecule has 0 aliphatic heterocycles. The molecule has 0 atom stereocenters. The van der Waals surface area contributed by atoms with Crippen LogP contribution in [0.4, 0.5) is 11.8 Å². The lowest BCUT2D eigenvalue weighted by atomic mass is 9.82. The highest BCUT2D eigenvalue weighted by Crippen LogP contribution is 2.30. The number of hydrogen-bond donors (Lipinski definition) is 2. The van der Waals surface area contributed by atoms with Crippen molar-refractivity contribution in [2.75, 3.05) is 37.4 Å². The molecular weight excluding hydrogens is 526 g/mol. The molecule has 0 bridgehead atoms. The van der Waals surface area contributed by atoms with Crippen LogP contribution >= 0.6 is 15.9 Å². The van der Waals surface area contributed by atoms with Gasteiger partial charge >= 0.3 is 0 Å².